The summed E-state index contributed by atoms with van der Waals surface area (Å²) < 4.78 is 6.98. The van der Waals surface area contributed by atoms with Crippen LogP contribution in [0, 0.1) is 0 Å². The smallest absolute Gasteiger partial charge is 0.170 e. The highest BCUT2D eigenvalue weighted by Gasteiger charge is 2.30. The van der Waals surface area contributed by atoms with Crippen LogP contribution in [-0.2, 0) is 0 Å². The van der Waals surface area contributed by atoms with Crippen LogP contribution in [0.2, 0.25) is 0 Å². The van der Waals surface area contributed by atoms with Gasteiger partial charge in [0.15, 0.2) is 5.78 Å². The lowest BCUT2D eigenvalue weighted by Crippen LogP contribution is -2.31. The number of fused-ring (bicyclic) bond motifs is 1. The van der Waals surface area contributed by atoms with E-state index >= 15 is 0 Å². The fourth-order valence-electron chi connectivity index (χ4n) is 2.57. The van der Waals surface area contributed by atoms with E-state index in [1.54, 1.807) is 0 Å². The van der Waals surface area contributed by atoms with Crippen LogP contribution in [0.3, 0.4) is 0 Å². The molecule has 2 aromatic rings. The first-order valence-corrected chi connectivity index (χ1v) is 7.49. The fourth-order valence-corrected chi connectivity index (χ4v) is 2.91. The second-order valence-electron chi connectivity index (χ2n) is 5.12. The maximum absolute atomic E-state index is 12.2. The van der Waals surface area contributed by atoms with Gasteiger partial charge in [0, 0.05) is 16.8 Å². The summed E-state index contributed by atoms with van der Waals surface area (Å²) in [5.74, 6) is 1.03. The van der Waals surface area contributed by atoms with Crippen molar-refractivity contribution in [2.45, 2.75) is 25.4 Å². The summed E-state index contributed by atoms with van der Waals surface area (Å²) in [5.41, 5.74) is 1.88. The van der Waals surface area contributed by atoms with Crippen LogP contribution in [-0.4, -0.2) is 11.9 Å². The molecule has 20 heavy (non-hydrogen) atoms. The van der Waals surface area contributed by atoms with Crippen LogP contribution in [0.25, 0.3) is 0 Å². The Morgan fingerprint density at radius 1 is 1.20 bits per heavy atom. The predicted molar refractivity (Wildman–Crippen MR) is 82.4 cm³/mol. The van der Waals surface area contributed by atoms with Crippen molar-refractivity contribution in [3.8, 4) is 5.75 Å². The fraction of sp³-hybridized carbons (Fsp3) is 0.235. The number of halogens is 1. The molecule has 0 saturated heterocycles. The second-order valence-corrected chi connectivity index (χ2v) is 6.04. The first-order valence-electron chi connectivity index (χ1n) is 6.69. The van der Waals surface area contributed by atoms with Gasteiger partial charge in [-0.05, 0) is 23.8 Å². The molecule has 0 aliphatic carbocycles. The lowest BCUT2D eigenvalue weighted by molar-refractivity contribution is 0.0817. The summed E-state index contributed by atoms with van der Waals surface area (Å²) >= 11 is 3.42. The van der Waals surface area contributed by atoms with Gasteiger partial charge in [-0.2, -0.15) is 0 Å². The van der Waals surface area contributed by atoms with Gasteiger partial charge >= 0.3 is 0 Å². The van der Waals surface area contributed by atoms with Crippen LogP contribution in [0.5, 0.6) is 5.75 Å². The Morgan fingerprint density at radius 3 is 2.70 bits per heavy atom. The number of rotatable bonds is 2. The summed E-state index contributed by atoms with van der Waals surface area (Å²) in [6.45, 7) is 2.11. The molecule has 2 atom stereocenters. The number of hydrogen-bond donors (Lipinski definition) is 0. The van der Waals surface area contributed by atoms with E-state index in [0.29, 0.717) is 17.7 Å². The van der Waals surface area contributed by atoms with E-state index in [1.807, 2.05) is 36.4 Å². The van der Waals surface area contributed by atoms with Crippen molar-refractivity contribution in [2.75, 3.05) is 0 Å². The highest BCUT2D eigenvalue weighted by Crippen LogP contribution is 2.35. The molecule has 0 fully saturated rings. The lowest BCUT2D eigenvalue weighted by atomic mass is 9.89. The normalized spacial score (nSPS) is 19.1. The Kier molecular flexibility index (Phi) is 3.62. The van der Waals surface area contributed by atoms with Gasteiger partial charge in [0.2, 0.25) is 0 Å². The Morgan fingerprint density at radius 2 is 1.95 bits per heavy atom. The zero-order valence-electron chi connectivity index (χ0n) is 11.2. The predicted octanol–water partition coefficient (Wildman–Crippen LogP) is 4.59. The van der Waals surface area contributed by atoms with E-state index in [0.717, 1.165) is 4.47 Å². The average molecular weight is 331 g/mol. The van der Waals surface area contributed by atoms with Crippen molar-refractivity contribution >= 4 is 21.7 Å². The largest absolute Gasteiger partial charge is 0.489 e. The van der Waals surface area contributed by atoms with Crippen molar-refractivity contribution in [1.29, 1.82) is 0 Å². The molecular weight excluding hydrogens is 316 g/mol. The highest BCUT2D eigenvalue weighted by atomic mass is 79.9. The first kappa shape index (κ1) is 13.4. The molecule has 2 unspecified atom stereocenters. The third-order valence-corrected chi connectivity index (χ3v) is 4.29. The van der Waals surface area contributed by atoms with E-state index in [1.165, 1.54) is 5.56 Å². The second kappa shape index (κ2) is 5.41. The van der Waals surface area contributed by atoms with Gasteiger partial charge in [-0.25, -0.2) is 0 Å². The maximum Gasteiger partial charge on any atom is 0.170 e. The summed E-state index contributed by atoms with van der Waals surface area (Å²) in [4.78, 5) is 12.2. The van der Waals surface area contributed by atoms with E-state index in [-0.39, 0.29) is 17.8 Å². The molecule has 3 rings (SSSR count). The number of carbonyl (C=O) groups is 1. The number of benzene rings is 2. The van der Waals surface area contributed by atoms with Gasteiger partial charge in [-0.3, -0.25) is 4.79 Å². The number of hydrogen-bond acceptors (Lipinski definition) is 2. The molecular formula is C17H15BrO2. The van der Waals surface area contributed by atoms with E-state index in [4.69, 9.17) is 4.74 Å². The summed E-state index contributed by atoms with van der Waals surface area (Å²) in [6, 6.07) is 15.8. The van der Waals surface area contributed by atoms with Crippen molar-refractivity contribution in [3.05, 3.63) is 64.1 Å². The standard InChI is InChI=1S/C17H15BrO2/c1-11(12-5-3-2-4-6-12)16-10-15(19)14-8-7-13(18)9-17(14)20-16/h2-9,11,16H,10H2,1H3. The van der Waals surface area contributed by atoms with Gasteiger partial charge in [0.1, 0.15) is 11.9 Å². The topological polar surface area (TPSA) is 26.3 Å². The van der Waals surface area contributed by atoms with Gasteiger partial charge in [-0.15, -0.1) is 0 Å². The Bertz CT molecular complexity index is 637. The van der Waals surface area contributed by atoms with Crippen LogP contribution >= 0.6 is 15.9 Å². The molecule has 0 saturated carbocycles. The molecule has 2 nitrogen and oxygen atoms in total. The van der Waals surface area contributed by atoms with Crippen LogP contribution in [0.15, 0.2) is 53.0 Å². The zero-order chi connectivity index (χ0) is 14.1. The number of Topliss-reactive ketones (excluding diaryl/α,β-unsaturated/α-hetero) is 1. The van der Waals surface area contributed by atoms with Crippen LogP contribution < -0.4 is 4.74 Å². The molecule has 1 aliphatic heterocycles. The van der Waals surface area contributed by atoms with E-state index < -0.39 is 0 Å². The van der Waals surface area contributed by atoms with E-state index in [2.05, 4.69) is 35.0 Å². The molecule has 0 N–H and O–H groups in total. The van der Waals surface area contributed by atoms with Gasteiger partial charge in [0.05, 0.1) is 5.56 Å². The van der Waals surface area contributed by atoms with Gasteiger partial charge < -0.3 is 4.74 Å². The minimum Gasteiger partial charge on any atom is -0.489 e. The molecule has 3 heteroatoms. The highest BCUT2D eigenvalue weighted by molar-refractivity contribution is 9.10. The van der Waals surface area contributed by atoms with Crippen molar-refractivity contribution in [1.82, 2.24) is 0 Å². The maximum atomic E-state index is 12.2. The monoisotopic (exact) mass is 330 g/mol. The summed E-state index contributed by atoms with van der Waals surface area (Å²) in [5, 5.41) is 0. The quantitative estimate of drug-likeness (QED) is 0.805. The number of carbonyl (C=O) groups excluding carboxylic acids is 1. The van der Waals surface area contributed by atoms with Crippen LogP contribution in [0.1, 0.15) is 35.2 Å². The summed E-state index contributed by atoms with van der Waals surface area (Å²) in [6.07, 6.45) is 0.330. The van der Waals surface area contributed by atoms with Crippen molar-refractivity contribution in [3.63, 3.8) is 0 Å². The third-order valence-electron chi connectivity index (χ3n) is 3.79. The summed E-state index contributed by atoms with van der Waals surface area (Å²) in [7, 11) is 0. The molecule has 0 radical (unpaired) electrons. The number of ether oxygens (including phenoxy) is 1. The molecule has 0 amide bonds. The van der Waals surface area contributed by atoms with Crippen molar-refractivity contribution < 1.29 is 9.53 Å². The third kappa shape index (κ3) is 2.50. The zero-order valence-corrected chi connectivity index (χ0v) is 12.8. The minimum atomic E-state index is -0.105. The Labute approximate surface area is 126 Å². The van der Waals surface area contributed by atoms with Crippen molar-refractivity contribution in [2.24, 2.45) is 0 Å². The minimum absolute atomic E-state index is 0.105. The molecule has 102 valence electrons. The number of ketones is 1. The Hall–Kier alpha value is -1.61. The lowest BCUT2D eigenvalue weighted by Gasteiger charge is -2.30. The van der Waals surface area contributed by atoms with Gasteiger partial charge in [-0.1, -0.05) is 53.2 Å². The molecule has 0 bridgehead atoms. The SMILES string of the molecule is CC(c1ccccc1)C1CC(=O)c2ccc(Br)cc2O1. The molecule has 0 spiro atoms. The molecule has 1 aliphatic rings. The molecule has 2 aromatic carbocycles. The first-order chi connectivity index (χ1) is 9.65. The van der Waals surface area contributed by atoms with Crippen LogP contribution in [0.4, 0.5) is 0 Å². The van der Waals surface area contributed by atoms with Gasteiger partial charge in [0.25, 0.3) is 0 Å². The molecule has 1 heterocycles. The van der Waals surface area contributed by atoms with E-state index in [9.17, 15) is 4.79 Å². The molecule has 0 aromatic heterocycles. The Balaban J connectivity index is 1.89. The average Bonchev–Trinajstić information content (AvgIpc) is 2.46.